The molecule has 3 N–H and O–H groups in total. The number of ketones is 1. The van der Waals surface area contributed by atoms with Gasteiger partial charge in [-0.2, -0.15) is 0 Å². The Balaban J connectivity index is 1.60. The van der Waals surface area contributed by atoms with Crippen LogP contribution in [0.15, 0.2) is 11.6 Å². The summed E-state index contributed by atoms with van der Waals surface area (Å²) in [5, 5.41) is 33.2. The Kier molecular flexibility index (Phi) is 5.38. The van der Waals surface area contributed by atoms with Crippen molar-refractivity contribution in [2.24, 2.45) is 57.2 Å². The minimum absolute atomic E-state index is 0.0751. The predicted octanol–water partition coefficient (Wildman–Crippen LogP) is 4.76. The van der Waals surface area contributed by atoms with Crippen LogP contribution in [0, 0.1) is 57.2 Å². The average molecular weight is 459 g/mol. The van der Waals surface area contributed by atoms with Crippen molar-refractivity contribution < 1.29 is 20.1 Å². The standard InChI is InChI=1S/C29H46O4/c1-16(2)19-13-22(32)25-28(6)10-9-18-17-7-8-23(33)26(3,4)20(17)14-21(31)24(18)27(28,5)11-12-29(19,25)15-30/h9,16-17,19-21,23-25,30-31,33H,7-8,10-15H2,1-6H3/t17?,19-,20?,21-,23-,24-,25+,27-,28+,29+/m0/s1. The number of carbonyl (C=O) groups excluding carboxylic acids is 1. The zero-order valence-electron chi connectivity index (χ0n) is 21.6. The minimum Gasteiger partial charge on any atom is -0.396 e. The smallest absolute Gasteiger partial charge is 0.137 e. The van der Waals surface area contributed by atoms with Gasteiger partial charge in [0.25, 0.3) is 0 Å². The van der Waals surface area contributed by atoms with E-state index in [1.165, 1.54) is 5.57 Å². The maximum atomic E-state index is 13.7. The Morgan fingerprint density at radius 2 is 1.76 bits per heavy atom. The number of aliphatic hydroxyl groups excluding tert-OH is 3. The Hall–Kier alpha value is -0.710. The first-order valence-electron chi connectivity index (χ1n) is 13.5. The fourth-order valence-electron chi connectivity index (χ4n) is 10.3. The van der Waals surface area contributed by atoms with Crippen molar-refractivity contribution >= 4 is 5.78 Å². The van der Waals surface area contributed by atoms with Crippen molar-refractivity contribution in [2.75, 3.05) is 6.61 Å². The molecule has 4 heteroatoms. The molecule has 33 heavy (non-hydrogen) atoms. The van der Waals surface area contributed by atoms with Crippen LogP contribution in [0.25, 0.3) is 0 Å². The summed E-state index contributed by atoms with van der Waals surface area (Å²) in [6.45, 7) is 13.5. The summed E-state index contributed by atoms with van der Waals surface area (Å²) < 4.78 is 0. The van der Waals surface area contributed by atoms with Gasteiger partial charge in [-0.3, -0.25) is 4.79 Å². The maximum absolute atomic E-state index is 13.7. The molecule has 0 aromatic heterocycles. The van der Waals surface area contributed by atoms with Crippen molar-refractivity contribution in [3.63, 3.8) is 0 Å². The molecule has 0 aliphatic heterocycles. The molecule has 2 unspecified atom stereocenters. The highest BCUT2D eigenvalue weighted by atomic mass is 16.3. The highest BCUT2D eigenvalue weighted by molar-refractivity contribution is 5.86. The van der Waals surface area contributed by atoms with Gasteiger partial charge in [0, 0.05) is 30.3 Å². The summed E-state index contributed by atoms with van der Waals surface area (Å²) in [7, 11) is 0. The Bertz CT molecular complexity index is 860. The first kappa shape index (κ1) is 24.0. The molecule has 5 aliphatic carbocycles. The van der Waals surface area contributed by atoms with Gasteiger partial charge in [-0.25, -0.2) is 0 Å². The van der Waals surface area contributed by atoms with Gasteiger partial charge in [-0.05, 0) is 78.4 Å². The molecule has 10 atom stereocenters. The number of hydrogen-bond donors (Lipinski definition) is 3. The summed E-state index contributed by atoms with van der Waals surface area (Å²) in [4.78, 5) is 13.7. The molecule has 0 spiro atoms. The van der Waals surface area contributed by atoms with E-state index in [2.05, 4.69) is 47.6 Å². The number of hydrogen-bond acceptors (Lipinski definition) is 4. The molecule has 4 saturated carbocycles. The second kappa shape index (κ2) is 7.40. The van der Waals surface area contributed by atoms with Crippen molar-refractivity contribution in [3.05, 3.63) is 11.6 Å². The summed E-state index contributed by atoms with van der Waals surface area (Å²) in [5.74, 6) is 1.63. The molecular weight excluding hydrogens is 412 g/mol. The van der Waals surface area contributed by atoms with E-state index in [1.54, 1.807) is 0 Å². The molecule has 0 saturated heterocycles. The number of rotatable bonds is 2. The second-order valence-electron chi connectivity index (χ2n) is 14.0. The van der Waals surface area contributed by atoms with Gasteiger partial charge in [0.05, 0.1) is 12.2 Å². The SMILES string of the molecule is CC(C)[C@@H]1CC(=O)[C@H]2[C@@]1(CO)CC[C@@]1(C)[C@H]3C(=CC[C@]21C)C1CC[C@H](O)C(C)(C)C1C[C@@H]3O. The molecule has 0 aromatic carbocycles. The molecule has 4 nitrogen and oxygen atoms in total. The normalized spacial score (nSPS) is 53.1. The van der Waals surface area contributed by atoms with E-state index in [1.807, 2.05) is 0 Å². The van der Waals surface area contributed by atoms with Crippen LogP contribution >= 0.6 is 0 Å². The first-order valence-corrected chi connectivity index (χ1v) is 13.5. The van der Waals surface area contributed by atoms with E-state index in [-0.39, 0.29) is 52.1 Å². The predicted molar refractivity (Wildman–Crippen MR) is 129 cm³/mol. The van der Waals surface area contributed by atoms with E-state index in [9.17, 15) is 20.1 Å². The van der Waals surface area contributed by atoms with E-state index in [0.29, 0.717) is 30.0 Å². The number of aliphatic hydroxyl groups is 3. The quantitative estimate of drug-likeness (QED) is 0.522. The highest BCUT2D eigenvalue weighted by Crippen LogP contribution is 2.74. The van der Waals surface area contributed by atoms with Crippen LogP contribution in [-0.4, -0.2) is 39.9 Å². The molecule has 5 rings (SSSR count). The number of fused-ring (bicyclic) bond motifs is 7. The summed E-state index contributed by atoms with van der Waals surface area (Å²) >= 11 is 0. The zero-order chi connectivity index (χ0) is 24.1. The van der Waals surface area contributed by atoms with Crippen molar-refractivity contribution in [3.8, 4) is 0 Å². The van der Waals surface area contributed by atoms with Crippen LogP contribution in [0.2, 0.25) is 0 Å². The Morgan fingerprint density at radius 1 is 1.06 bits per heavy atom. The van der Waals surface area contributed by atoms with E-state index < -0.39 is 6.10 Å². The third-order valence-electron chi connectivity index (χ3n) is 12.4. The van der Waals surface area contributed by atoms with Crippen LogP contribution in [0.5, 0.6) is 0 Å². The largest absolute Gasteiger partial charge is 0.396 e. The van der Waals surface area contributed by atoms with E-state index in [4.69, 9.17) is 0 Å². The summed E-state index contributed by atoms with van der Waals surface area (Å²) in [6, 6.07) is 0. The summed E-state index contributed by atoms with van der Waals surface area (Å²) in [5.41, 5.74) is 0.500. The number of carbonyl (C=O) groups is 1. The lowest BCUT2D eigenvalue weighted by Crippen LogP contribution is -2.64. The third-order valence-corrected chi connectivity index (χ3v) is 12.4. The van der Waals surface area contributed by atoms with Crippen molar-refractivity contribution in [2.45, 2.75) is 98.7 Å². The van der Waals surface area contributed by atoms with Crippen molar-refractivity contribution in [1.82, 2.24) is 0 Å². The van der Waals surface area contributed by atoms with Crippen LogP contribution in [-0.2, 0) is 4.79 Å². The molecule has 0 aromatic rings. The number of allylic oxidation sites excluding steroid dienone is 1. The topological polar surface area (TPSA) is 77.8 Å². The van der Waals surface area contributed by atoms with E-state index in [0.717, 1.165) is 38.5 Å². The monoisotopic (exact) mass is 458 g/mol. The van der Waals surface area contributed by atoms with Crippen LogP contribution in [0.1, 0.15) is 86.5 Å². The number of Topliss-reactive ketones (excluding diaryl/α,β-unsaturated/α-hetero) is 1. The van der Waals surface area contributed by atoms with Gasteiger partial charge in [0.15, 0.2) is 0 Å². The zero-order valence-corrected chi connectivity index (χ0v) is 21.6. The molecule has 0 amide bonds. The molecule has 0 heterocycles. The molecule has 186 valence electrons. The van der Waals surface area contributed by atoms with Gasteiger partial charge >= 0.3 is 0 Å². The lowest BCUT2D eigenvalue weighted by atomic mass is 9.37. The first-order chi connectivity index (χ1) is 15.3. The minimum atomic E-state index is -0.439. The second-order valence-corrected chi connectivity index (χ2v) is 14.0. The van der Waals surface area contributed by atoms with Crippen molar-refractivity contribution in [1.29, 1.82) is 0 Å². The van der Waals surface area contributed by atoms with Gasteiger partial charge < -0.3 is 15.3 Å². The molecular formula is C29H46O4. The lowest BCUT2D eigenvalue weighted by Gasteiger charge is -2.67. The van der Waals surface area contributed by atoms with Crippen LogP contribution in [0.3, 0.4) is 0 Å². The van der Waals surface area contributed by atoms with Gasteiger partial charge in [-0.1, -0.05) is 53.2 Å². The molecule has 5 aliphatic rings. The lowest BCUT2D eigenvalue weighted by molar-refractivity contribution is -0.192. The van der Waals surface area contributed by atoms with Crippen LogP contribution < -0.4 is 0 Å². The highest BCUT2D eigenvalue weighted by Gasteiger charge is 2.71. The van der Waals surface area contributed by atoms with Gasteiger partial charge in [0.2, 0.25) is 0 Å². The average Bonchev–Trinajstić information content (AvgIpc) is 3.06. The Morgan fingerprint density at radius 3 is 2.39 bits per heavy atom. The molecule has 0 bridgehead atoms. The molecule has 4 fully saturated rings. The summed E-state index contributed by atoms with van der Waals surface area (Å²) in [6.07, 6.45) is 7.50. The Labute approximate surface area is 200 Å². The van der Waals surface area contributed by atoms with E-state index >= 15 is 0 Å². The van der Waals surface area contributed by atoms with Crippen LogP contribution in [0.4, 0.5) is 0 Å². The maximum Gasteiger partial charge on any atom is 0.137 e. The fraction of sp³-hybridized carbons (Fsp3) is 0.897. The third kappa shape index (κ3) is 2.84. The van der Waals surface area contributed by atoms with Gasteiger partial charge in [0.1, 0.15) is 5.78 Å². The molecule has 0 radical (unpaired) electrons. The van der Waals surface area contributed by atoms with Gasteiger partial charge in [-0.15, -0.1) is 0 Å². The fourth-order valence-corrected chi connectivity index (χ4v) is 10.3.